The molecule has 1 aromatic carbocycles. The van der Waals surface area contributed by atoms with Crippen molar-refractivity contribution in [1.29, 1.82) is 0 Å². The van der Waals surface area contributed by atoms with E-state index in [1.54, 1.807) is 20.8 Å². The second-order valence-electron chi connectivity index (χ2n) is 9.09. The number of nitrogens with one attached hydrogen (secondary N) is 3. The molecule has 3 heterocycles. The van der Waals surface area contributed by atoms with Crippen LogP contribution in [-0.4, -0.2) is 92.3 Å². The summed E-state index contributed by atoms with van der Waals surface area (Å²) in [7, 11) is -2.18. The molecule has 2 aromatic heterocycles. The summed E-state index contributed by atoms with van der Waals surface area (Å²) in [5.74, 6) is -0.524. The Kier molecular flexibility index (Phi) is 8.12. The van der Waals surface area contributed by atoms with Crippen LogP contribution in [0.15, 0.2) is 41.8 Å². The number of fused-ring (bicyclic) bond motifs is 1. The lowest BCUT2D eigenvalue weighted by Gasteiger charge is -2.21. The first-order chi connectivity index (χ1) is 18.4. The van der Waals surface area contributed by atoms with Gasteiger partial charge in [0.2, 0.25) is 10.0 Å². The quantitative estimate of drug-likeness (QED) is 0.253. The summed E-state index contributed by atoms with van der Waals surface area (Å²) in [6, 6.07) is 4.80. The molecular formula is C23H30N8O7S. The lowest BCUT2D eigenvalue weighted by molar-refractivity contribution is -0.137. The van der Waals surface area contributed by atoms with Crippen molar-refractivity contribution in [2.45, 2.75) is 56.2 Å². The zero-order valence-electron chi connectivity index (χ0n) is 21.6. The van der Waals surface area contributed by atoms with Crippen LogP contribution < -0.4 is 16.0 Å². The van der Waals surface area contributed by atoms with E-state index < -0.39 is 46.5 Å². The number of hydrogen-bond acceptors (Lipinski definition) is 10. The van der Waals surface area contributed by atoms with Gasteiger partial charge in [-0.05, 0) is 45.0 Å². The van der Waals surface area contributed by atoms with Gasteiger partial charge in [0.1, 0.15) is 18.5 Å². The maximum absolute atomic E-state index is 12.7. The number of amides is 3. The Labute approximate surface area is 224 Å². The zero-order chi connectivity index (χ0) is 28.5. The van der Waals surface area contributed by atoms with Crippen molar-refractivity contribution < 1.29 is 33.0 Å². The third kappa shape index (κ3) is 5.55. The second-order valence-corrected chi connectivity index (χ2v) is 11.1. The maximum atomic E-state index is 12.7. The third-order valence-electron chi connectivity index (χ3n) is 6.23. The largest absolute Gasteiger partial charge is 0.387 e. The van der Waals surface area contributed by atoms with Gasteiger partial charge in [-0.2, -0.15) is 4.31 Å². The van der Waals surface area contributed by atoms with Gasteiger partial charge in [-0.1, -0.05) is 0 Å². The lowest BCUT2D eigenvalue weighted by Crippen LogP contribution is -2.42. The molecule has 39 heavy (non-hydrogen) atoms. The number of aliphatic hydroxyl groups excluding tert-OH is 2. The number of rotatable bonds is 8. The van der Waals surface area contributed by atoms with E-state index in [4.69, 9.17) is 4.74 Å². The van der Waals surface area contributed by atoms with E-state index in [0.29, 0.717) is 12.2 Å². The summed E-state index contributed by atoms with van der Waals surface area (Å²) in [6.07, 6.45) is -2.93. The zero-order valence-corrected chi connectivity index (χ0v) is 22.5. The van der Waals surface area contributed by atoms with Gasteiger partial charge in [-0.3, -0.25) is 14.7 Å². The Morgan fingerprint density at radius 3 is 2.44 bits per heavy atom. The van der Waals surface area contributed by atoms with Gasteiger partial charge in [-0.15, -0.1) is 0 Å². The Morgan fingerprint density at radius 2 is 1.79 bits per heavy atom. The number of hydrogen-bond donors (Lipinski definition) is 5. The van der Waals surface area contributed by atoms with Crippen molar-refractivity contribution in [1.82, 2.24) is 29.1 Å². The van der Waals surface area contributed by atoms with Crippen LogP contribution in [0.3, 0.4) is 0 Å². The summed E-state index contributed by atoms with van der Waals surface area (Å²) in [6.45, 7) is 5.56. The Balaban J connectivity index is 1.49. The van der Waals surface area contributed by atoms with Gasteiger partial charge < -0.3 is 25.6 Å². The number of urea groups is 1. The summed E-state index contributed by atoms with van der Waals surface area (Å²) >= 11 is 0. The standard InChI is InChI=1S/C23H30N8O7S/c1-5-24-21(34)18-16(32)17(33)22(38-18)31-11-27-15-19(25-10-26-20(15)31)29-23(35)28-13-6-8-14(9-7-13)39(36,37)30(4)12(2)3/h6-12,16-18,22,32-33H,5H2,1-4H3,(H,24,34)(H2,25,26,28,29,35)/t16?,17?,18-,22+/m0/s1. The summed E-state index contributed by atoms with van der Waals surface area (Å²) in [4.78, 5) is 37.3. The first kappa shape index (κ1) is 28.3. The van der Waals surface area contributed by atoms with Crippen molar-refractivity contribution in [3.05, 3.63) is 36.9 Å². The number of imidazole rings is 1. The fourth-order valence-corrected chi connectivity index (χ4v) is 5.30. The average molecular weight is 563 g/mol. The van der Waals surface area contributed by atoms with Crippen molar-refractivity contribution in [2.75, 3.05) is 24.2 Å². The SMILES string of the molecule is CCNC(=O)[C@H]1O[C@@H](n2cnc3c(NC(=O)Nc4ccc(S(=O)(=O)N(C)C(C)C)cc4)ncnc32)C(O)C1O. The van der Waals surface area contributed by atoms with Crippen molar-refractivity contribution in [3.8, 4) is 0 Å². The Bertz CT molecular complexity index is 1460. The molecule has 3 aromatic rings. The summed E-state index contributed by atoms with van der Waals surface area (Å²) < 4.78 is 33.5. The van der Waals surface area contributed by atoms with Gasteiger partial charge in [0.05, 0.1) is 11.2 Å². The molecule has 4 rings (SSSR count). The minimum absolute atomic E-state index is 0.0438. The highest BCUT2D eigenvalue weighted by Crippen LogP contribution is 2.32. The van der Waals surface area contributed by atoms with Crippen LogP contribution in [0, 0.1) is 0 Å². The van der Waals surface area contributed by atoms with Gasteiger partial charge >= 0.3 is 6.03 Å². The van der Waals surface area contributed by atoms with Crippen LogP contribution in [0.25, 0.3) is 11.2 Å². The Hall–Kier alpha value is -3.70. The number of carbonyl (C=O) groups excluding carboxylic acids is 2. The van der Waals surface area contributed by atoms with E-state index in [2.05, 4.69) is 30.9 Å². The molecule has 1 saturated heterocycles. The normalized spacial score (nSPS) is 21.4. The van der Waals surface area contributed by atoms with E-state index in [1.165, 1.54) is 52.8 Å². The van der Waals surface area contributed by atoms with Crippen LogP contribution in [0.1, 0.15) is 27.0 Å². The predicted molar refractivity (Wildman–Crippen MR) is 139 cm³/mol. The van der Waals surface area contributed by atoms with Gasteiger partial charge in [0.15, 0.2) is 29.3 Å². The molecule has 0 radical (unpaired) electrons. The fraction of sp³-hybridized carbons (Fsp3) is 0.435. The van der Waals surface area contributed by atoms with Gasteiger partial charge in [-0.25, -0.2) is 28.2 Å². The number of aromatic nitrogens is 4. The molecule has 15 nitrogen and oxygen atoms in total. The van der Waals surface area contributed by atoms with E-state index in [1.807, 2.05) is 0 Å². The highest BCUT2D eigenvalue weighted by atomic mass is 32.2. The smallest absolute Gasteiger partial charge is 0.324 e. The molecule has 0 saturated carbocycles. The minimum Gasteiger partial charge on any atom is -0.387 e. The van der Waals surface area contributed by atoms with Crippen LogP contribution in [0.4, 0.5) is 16.3 Å². The van der Waals surface area contributed by atoms with Gasteiger partial charge in [0, 0.05) is 25.3 Å². The number of carbonyl (C=O) groups is 2. The molecule has 0 bridgehead atoms. The number of anilines is 2. The number of sulfonamides is 1. The van der Waals surface area contributed by atoms with Crippen molar-refractivity contribution >= 4 is 44.6 Å². The molecule has 1 fully saturated rings. The molecule has 1 aliphatic heterocycles. The van der Waals surface area contributed by atoms with Crippen molar-refractivity contribution in [3.63, 3.8) is 0 Å². The van der Waals surface area contributed by atoms with Crippen molar-refractivity contribution in [2.24, 2.45) is 0 Å². The topological polar surface area (TPSA) is 201 Å². The summed E-state index contributed by atoms with van der Waals surface area (Å²) in [5, 5.41) is 28.5. The molecule has 210 valence electrons. The molecule has 1 aliphatic rings. The number of likely N-dealkylation sites (N-methyl/N-ethyl adjacent to an activating group) is 1. The van der Waals surface area contributed by atoms with E-state index in [0.717, 1.165) is 0 Å². The minimum atomic E-state index is -3.67. The molecule has 5 N–H and O–H groups in total. The predicted octanol–water partition coefficient (Wildman–Crippen LogP) is 0.255. The average Bonchev–Trinajstić information content (AvgIpc) is 3.45. The van der Waals surface area contributed by atoms with Gasteiger partial charge in [0.25, 0.3) is 5.91 Å². The molecule has 0 aliphatic carbocycles. The first-order valence-corrected chi connectivity index (χ1v) is 13.5. The molecule has 4 atom stereocenters. The number of ether oxygens (including phenoxy) is 1. The first-order valence-electron chi connectivity index (χ1n) is 12.1. The number of benzene rings is 1. The number of nitrogens with zero attached hydrogens (tertiary/aromatic N) is 5. The van der Waals surface area contributed by atoms with Crippen LogP contribution in [0.5, 0.6) is 0 Å². The lowest BCUT2D eigenvalue weighted by atomic mass is 10.1. The van der Waals surface area contributed by atoms with Crippen LogP contribution >= 0.6 is 0 Å². The molecule has 2 unspecified atom stereocenters. The van der Waals surface area contributed by atoms with E-state index >= 15 is 0 Å². The maximum Gasteiger partial charge on any atom is 0.324 e. The molecular weight excluding hydrogens is 532 g/mol. The highest BCUT2D eigenvalue weighted by molar-refractivity contribution is 7.89. The van der Waals surface area contributed by atoms with E-state index in [9.17, 15) is 28.2 Å². The monoisotopic (exact) mass is 562 g/mol. The Morgan fingerprint density at radius 1 is 1.10 bits per heavy atom. The van der Waals surface area contributed by atoms with E-state index in [-0.39, 0.29) is 27.9 Å². The third-order valence-corrected chi connectivity index (χ3v) is 8.28. The molecule has 0 spiro atoms. The highest BCUT2D eigenvalue weighted by Gasteiger charge is 2.47. The molecule has 3 amide bonds. The fourth-order valence-electron chi connectivity index (χ4n) is 3.93. The number of aliphatic hydroxyl groups is 2. The molecule has 16 heteroatoms. The summed E-state index contributed by atoms with van der Waals surface area (Å²) in [5.41, 5.74) is 0.678. The van der Waals surface area contributed by atoms with Crippen LogP contribution in [-0.2, 0) is 19.6 Å². The van der Waals surface area contributed by atoms with Crippen LogP contribution in [0.2, 0.25) is 0 Å². The second kappa shape index (κ2) is 11.2.